The summed E-state index contributed by atoms with van der Waals surface area (Å²) in [6.07, 6.45) is 1.51. The van der Waals surface area contributed by atoms with E-state index in [0.29, 0.717) is 22.1 Å². The standard InChI is InChI=1S/C21H14BrClN4O/c22-14-2-1-3-16(10-14)26-20-18-11-17(8-9-19(18)24-12-25-20)27-21(28)13-4-6-15(23)7-5-13/h1-12H,(H,27,28)(H,24,25,26). The van der Waals surface area contributed by atoms with Crippen LogP contribution in [0, 0.1) is 0 Å². The summed E-state index contributed by atoms with van der Waals surface area (Å²) in [7, 11) is 0. The maximum atomic E-state index is 12.5. The molecule has 0 aliphatic heterocycles. The van der Waals surface area contributed by atoms with E-state index in [1.165, 1.54) is 6.33 Å². The van der Waals surface area contributed by atoms with Crippen LogP contribution in [0.2, 0.25) is 5.02 Å². The van der Waals surface area contributed by atoms with Crippen LogP contribution < -0.4 is 10.6 Å². The zero-order valence-corrected chi connectivity index (χ0v) is 16.8. The first-order chi connectivity index (χ1) is 13.6. The highest BCUT2D eigenvalue weighted by atomic mass is 79.9. The molecular weight excluding hydrogens is 440 g/mol. The van der Waals surface area contributed by atoms with Crippen LogP contribution in [0.5, 0.6) is 0 Å². The van der Waals surface area contributed by atoms with Gasteiger partial charge in [-0.3, -0.25) is 4.79 Å². The Kier molecular flexibility index (Phi) is 5.23. The number of halogens is 2. The lowest BCUT2D eigenvalue weighted by molar-refractivity contribution is 0.102. The summed E-state index contributed by atoms with van der Waals surface area (Å²) in [5, 5.41) is 7.58. The number of amides is 1. The van der Waals surface area contributed by atoms with Crippen LogP contribution in [-0.4, -0.2) is 15.9 Å². The van der Waals surface area contributed by atoms with Crippen LogP contribution in [0.25, 0.3) is 10.9 Å². The Morgan fingerprint density at radius 1 is 0.929 bits per heavy atom. The fourth-order valence-corrected chi connectivity index (χ4v) is 3.27. The van der Waals surface area contributed by atoms with Gasteiger partial charge in [0.05, 0.1) is 5.52 Å². The summed E-state index contributed by atoms with van der Waals surface area (Å²) in [5.41, 5.74) is 2.85. The zero-order valence-electron chi connectivity index (χ0n) is 14.5. The molecule has 0 aliphatic carbocycles. The Morgan fingerprint density at radius 2 is 1.75 bits per heavy atom. The fraction of sp³-hybridized carbons (Fsp3) is 0. The van der Waals surface area contributed by atoms with Gasteiger partial charge in [-0.15, -0.1) is 0 Å². The molecule has 1 amide bonds. The maximum Gasteiger partial charge on any atom is 0.255 e. The SMILES string of the molecule is O=C(Nc1ccc2ncnc(Nc3cccc(Br)c3)c2c1)c1ccc(Cl)cc1. The van der Waals surface area contributed by atoms with Gasteiger partial charge >= 0.3 is 0 Å². The topological polar surface area (TPSA) is 66.9 Å². The quantitative estimate of drug-likeness (QED) is 0.395. The largest absolute Gasteiger partial charge is 0.340 e. The third-order valence-electron chi connectivity index (χ3n) is 4.09. The number of carbonyl (C=O) groups is 1. The van der Waals surface area contributed by atoms with Crippen molar-refractivity contribution >= 4 is 61.5 Å². The lowest BCUT2D eigenvalue weighted by Crippen LogP contribution is -2.11. The van der Waals surface area contributed by atoms with E-state index in [9.17, 15) is 4.79 Å². The van der Waals surface area contributed by atoms with Crippen molar-refractivity contribution < 1.29 is 4.79 Å². The maximum absolute atomic E-state index is 12.5. The van der Waals surface area contributed by atoms with E-state index >= 15 is 0 Å². The van der Waals surface area contributed by atoms with Crippen molar-refractivity contribution in [2.24, 2.45) is 0 Å². The lowest BCUT2D eigenvalue weighted by atomic mass is 10.1. The van der Waals surface area contributed by atoms with E-state index in [2.05, 4.69) is 36.5 Å². The van der Waals surface area contributed by atoms with E-state index in [4.69, 9.17) is 11.6 Å². The second-order valence-corrected chi connectivity index (χ2v) is 7.40. The molecule has 2 N–H and O–H groups in total. The predicted octanol–water partition coefficient (Wildman–Crippen LogP) is 6.04. The highest BCUT2D eigenvalue weighted by molar-refractivity contribution is 9.10. The number of hydrogen-bond donors (Lipinski definition) is 2. The Hall–Kier alpha value is -2.96. The molecule has 1 heterocycles. The first-order valence-electron chi connectivity index (χ1n) is 8.43. The van der Waals surface area contributed by atoms with Gasteiger partial charge in [-0.2, -0.15) is 0 Å². The molecule has 4 aromatic rings. The molecule has 0 unspecified atom stereocenters. The van der Waals surface area contributed by atoms with E-state index in [-0.39, 0.29) is 5.91 Å². The Bertz CT molecular complexity index is 1160. The second-order valence-electron chi connectivity index (χ2n) is 6.05. The molecule has 0 bridgehead atoms. The van der Waals surface area contributed by atoms with Crippen LogP contribution in [0.1, 0.15) is 10.4 Å². The molecule has 0 saturated heterocycles. The number of nitrogens with one attached hydrogen (secondary N) is 2. The van der Waals surface area contributed by atoms with Gasteiger partial charge in [0.2, 0.25) is 0 Å². The summed E-state index contributed by atoms with van der Waals surface area (Å²) in [4.78, 5) is 21.1. The van der Waals surface area contributed by atoms with Gasteiger partial charge in [0.15, 0.2) is 0 Å². The van der Waals surface area contributed by atoms with Gasteiger partial charge in [-0.05, 0) is 60.7 Å². The number of fused-ring (bicyclic) bond motifs is 1. The van der Waals surface area contributed by atoms with Crippen LogP contribution in [0.15, 0.2) is 77.5 Å². The molecule has 28 heavy (non-hydrogen) atoms. The highest BCUT2D eigenvalue weighted by Crippen LogP contribution is 2.27. The van der Waals surface area contributed by atoms with Crippen molar-refractivity contribution in [2.75, 3.05) is 10.6 Å². The van der Waals surface area contributed by atoms with Crippen molar-refractivity contribution in [1.29, 1.82) is 0 Å². The third kappa shape index (κ3) is 4.13. The van der Waals surface area contributed by atoms with Crippen LogP contribution in [-0.2, 0) is 0 Å². The number of benzene rings is 3. The molecule has 4 rings (SSSR count). The predicted molar refractivity (Wildman–Crippen MR) is 116 cm³/mol. The van der Waals surface area contributed by atoms with Crippen LogP contribution >= 0.6 is 27.5 Å². The van der Waals surface area contributed by atoms with Crippen molar-refractivity contribution in [2.45, 2.75) is 0 Å². The molecule has 1 aromatic heterocycles. The van der Waals surface area contributed by atoms with Crippen molar-refractivity contribution in [3.63, 3.8) is 0 Å². The number of aromatic nitrogens is 2. The van der Waals surface area contributed by atoms with Crippen molar-refractivity contribution in [3.8, 4) is 0 Å². The van der Waals surface area contributed by atoms with E-state index in [0.717, 1.165) is 21.1 Å². The molecule has 0 atom stereocenters. The Morgan fingerprint density at radius 3 is 2.54 bits per heavy atom. The van der Waals surface area contributed by atoms with Gasteiger partial charge in [0.1, 0.15) is 12.1 Å². The van der Waals surface area contributed by atoms with Gasteiger partial charge in [0, 0.05) is 31.8 Å². The van der Waals surface area contributed by atoms with Gasteiger partial charge < -0.3 is 10.6 Å². The minimum Gasteiger partial charge on any atom is -0.340 e. The molecule has 0 spiro atoms. The molecular formula is C21H14BrClN4O. The van der Waals surface area contributed by atoms with Crippen molar-refractivity contribution in [1.82, 2.24) is 9.97 Å². The summed E-state index contributed by atoms with van der Waals surface area (Å²) in [5.74, 6) is 0.444. The molecule has 0 fully saturated rings. The Balaban J connectivity index is 1.64. The molecule has 5 nitrogen and oxygen atoms in total. The molecule has 0 aliphatic rings. The normalized spacial score (nSPS) is 10.6. The van der Waals surface area contributed by atoms with Gasteiger partial charge in [-0.1, -0.05) is 33.6 Å². The molecule has 0 saturated carbocycles. The van der Waals surface area contributed by atoms with E-state index in [1.54, 1.807) is 24.3 Å². The van der Waals surface area contributed by atoms with E-state index in [1.807, 2.05) is 42.5 Å². The average molecular weight is 454 g/mol. The summed E-state index contributed by atoms with van der Waals surface area (Å²) in [6, 6.07) is 20.0. The highest BCUT2D eigenvalue weighted by Gasteiger charge is 2.09. The van der Waals surface area contributed by atoms with Crippen molar-refractivity contribution in [3.05, 3.63) is 88.1 Å². The number of carbonyl (C=O) groups excluding carboxylic acids is 1. The van der Waals surface area contributed by atoms with Crippen LogP contribution in [0.3, 0.4) is 0 Å². The number of anilines is 3. The summed E-state index contributed by atoms with van der Waals surface area (Å²) in [6.45, 7) is 0. The third-order valence-corrected chi connectivity index (χ3v) is 4.83. The number of rotatable bonds is 4. The fourth-order valence-electron chi connectivity index (χ4n) is 2.74. The minimum absolute atomic E-state index is 0.214. The smallest absolute Gasteiger partial charge is 0.255 e. The molecule has 0 radical (unpaired) electrons. The first kappa shape index (κ1) is 18.4. The minimum atomic E-state index is -0.214. The lowest BCUT2D eigenvalue weighted by Gasteiger charge is -2.11. The summed E-state index contributed by atoms with van der Waals surface area (Å²) < 4.78 is 0.965. The monoisotopic (exact) mass is 452 g/mol. The number of nitrogens with zero attached hydrogens (tertiary/aromatic N) is 2. The number of hydrogen-bond acceptors (Lipinski definition) is 4. The average Bonchev–Trinajstić information content (AvgIpc) is 2.69. The van der Waals surface area contributed by atoms with Gasteiger partial charge in [-0.25, -0.2) is 9.97 Å². The first-order valence-corrected chi connectivity index (χ1v) is 9.60. The Labute approximate surface area is 174 Å². The second kappa shape index (κ2) is 7.96. The molecule has 138 valence electrons. The summed E-state index contributed by atoms with van der Waals surface area (Å²) >= 11 is 9.34. The molecule has 7 heteroatoms. The van der Waals surface area contributed by atoms with Gasteiger partial charge in [0.25, 0.3) is 5.91 Å². The zero-order chi connectivity index (χ0) is 19.5. The molecule has 3 aromatic carbocycles. The van der Waals surface area contributed by atoms with E-state index < -0.39 is 0 Å². The van der Waals surface area contributed by atoms with Crippen LogP contribution in [0.4, 0.5) is 17.2 Å².